The SMILES string of the molecule is COC(=O)CCCN1CCC(c2nc(-n3nc(C(C)C)c4cccc(F)c43)no2)CC1. The molecule has 1 saturated heterocycles. The zero-order valence-corrected chi connectivity index (χ0v) is 18.2. The first-order chi connectivity index (χ1) is 15.0. The topological polar surface area (TPSA) is 86.3 Å². The number of halogens is 1. The van der Waals surface area contributed by atoms with E-state index in [1.165, 1.54) is 17.9 Å². The number of hydrogen-bond donors (Lipinski definition) is 0. The number of piperidine rings is 1. The summed E-state index contributed by atoms with van der Waals surface area (Å²) in [7, 11) is 1.41. The molecular weight excluding hydrogens is 401 g/mol. The van der Waals surface area contributed by atoms with Gasteiger partial charge >= 0.3 is 5.97 Å². The van der Waals surface area contributed by atoms with Gasteiger partial charge in [-0.25, -0.2) is 4.39 Å². The number of ether oxygens (including phenoxy) is 1. The molecule has 166 valence electrons. The van der Waals surface area contributed by atoms with E-state index in [9.17, 15) is 9.18 Å². The number of carbonyl (C=O) groups is 1. The lowest BCUT2D eigenvalue weighted by atomic mass is 9.96. The van der Waals surface area contributed by atoms with E-state index in [0.29, 0.717) is 17.8 Å². The summed E-state index contributed by atoms with van der Waals surface area (Å²) < 4.78 is 26.3. The predicted octanol–water partition coefficient (Wildman–Crippen LogP) is 3.80. The molecule has 3 heterocycles. The molecule has 3 aromatic rings. The van der Waals surface area contributed by atoms with E-state index in [4.69, 9.17) is 4.52 Å². The average molecular weight is 429 g/mol. The number of esters is 1. The van der Waals surface area contributed by atoms with Crippen LogP contribution in [0.25, 0.3) is 16.9 Å². The highest BCUT2D eigenvalue weighted by molar-refractivity contribution is 5.84. The highest BCUT2D eigenvalue weighted by Crippen LogP contribution is 2.30. The third kappa shape index (κ3) is 4.46. The van der Waals surface area contributed by atoms with Crippen molar-refractivity contribution in [2.75, 3.05) is 26.7 Å². The molecule has 31 heavy (non-hydrogen) atoms. The van der Waals surface area contributed by atoms with Crippen LogP contribution in [0.5, 0.6) is 0 Å². The van der Waals surface area contributed by atoms with Crippen molar-refractivity contribution < 1.29 is 18.4 Å². The Morgan fingerprint density at radius 2 is 2.10 bits per heavy atom. The quantitative estimate of drug-likeness (QED) is 0.528. The fourth-order valence-electron chi connectivity index (χ4n) is 4.15. The zero-order chi connectivity index (χ0) is 22.0. The molecule has 1 fully saturated rings. The summed E-state index contributed by atoms with van der Waals surface area (Å²) >= 11 is 0. The molecule has 0 spiro atoms. The number of rotatable bonds is 7. The Balaban J connectivity index is 1.46. The number of methoxy groups -OCH3 is 1. The largest absolute Gasteiger partial charge is 0.469 e. The van der Waals surface area contributed by atoms with Crippen LogP contribution in [0, 0.1) is 5.82 Å². The van der Waals surface area contributed by atoms with E-state index in [0.717, 1.165) is 50.0 Å². The van der Waals surface area contributed by atoms with Crippen LogP contribution in [0.3, 0.4) is 0 Å². The molecule has 0 amide bonds. The third-order valence-corrected chi connectivity index (χ3v) is 5.87. The molecule has 0 atom stereocenters. The van der Waals surface area contributed by atoms with Gasteiger partial charge in [0.05, 0.1) is 12.8 Å². The first-order valence-electron chi connectivity index (χ1n) is 10.8. The fourth-order valence-corrected chi connectivity index (χ4v) is 4.15. The number of para-hydroxylation sites is 1. The second-order valence-electron chi connectivity index (χ2n) is 8.32. The molecule has 0 N–H and O–H groups in total. The molecular formula is C22H28FN5O3. The van der Waals surface area contributed by atoms with E-state index in [-0.39, 0.29) is 29.6 Å². The van der Waals surface area contributed by atoms with Crippen LogP contribution < -0.4 is 0 Å². The molecule has 0 bridgehead atoms. The van der Waals surface area contributed by atoms with Crippen LogP contribution >= 0.6 is 0 Å². The number of benzene rings is 1. The van der Waals surface area contributed by atoms with Crippen molar-refractivity contribution >= 4 is 16.9 Å². The third-order valence-electron chi connectivity index (χ3n) is 5.87. The number of likely N-dealkylation sites (tertiary alicyclic amines) is 1. The Morgan fingerprint density at radius 1 is 1.32 bits per heavy atom. The van der Waals surface area contributed by atoms with Crippen molar-refractivity contribution in [2.24, 2.45) is 0 Å². The van der Waals surface area contributed by atoms with E-state index >= 15 is 0 Å². The molecule has 0 unspecified atom stereocenters. The van der Waals surface area contributed by atoms with Crippen molar-refractivity contribution in [1.29, 1.82) is 0 Å². The van der Waals surface area contributed by atoms with Gasteiger partial charge in [-0.1, -0.05) is 26.0 Å². The Kier molecular flexibility index (Phi) is 6.31. The van der Waals surface area contributed by atoms with Crippen LogP contribution in [-0.4, -0.2) is 57.5 Å². The van der Waals surface area contributed by atoms with Crippen molar-refractivity contribution in [3.63, 3.8) is 0 Å². The second-order valence-corrected chi connectivity index (χ2v) is 8.32. The van der Waals surface area contributed by atoms with E-state index in [2.05, 4.69) is 24.9 Å². The maximum absolute atomic E-state index is 14.6. The summed E-state index contributed by atoms with van der Waals surface area (Å²) in [5, 5.41) is 9.46. The van der Waals surface area contributed by atoms with Crippen LogP contribution in [-0.2, 0) is 9.53 Å². The predicted molar refractivity (Wildman–Crippen MR) is 113 cm³/mol. The Labute approximate surface area is 180 Å². The van der Waals surface area contributed by atoms with Crippen LogP contribution in [0.15, 0.2) is 22.7 Å². The first kappa shape index (κ1) is 21.4. The van der Waals surface area contributed by atoms with Gasteiger partial charge in [-0.3, -0.25) is 4.79 Å². The molecule has 1 aliphatic heterocycles. The molecule has 0 radical (unpaired) electrons. The highest BCUT2D eigenvalue weighted by Gasteiger charge is 2.27. The number of fused-ring (bicyclic) bond motifs is 1. The van der Waals surface area contributed by atoms with Gasteiger partial charge in [0.15, 0.2) is 0 Å². The maximum Gasteiger partial charge on any atom is 0.305 e. The van der Waals surface area contributed by atoms with E-state index in [1.807, 2.05) is 19.9 Å². The summed E-state index contributed by atoms with van der Waals surface area (Å²) in [4.78, 5) is 18.2. The van der Waals surface area contributed by atoms with Gasteiger partial charge in [0.25, 0.3) is 5.95 Å². The van der Waals surface area contributed by atoms with Gasteiger partial charge in [0.1, 0.15) is 11.3 Å². The summed E-state index contributed by atoms with van der Waals surface area (Å²) in [6, 6.07) is 4.98. The molecule has 1 aromatic carbocycles. The van der Waals surface area contributed by atoms with Crippen molar-refractivity contribution in [3.8, 4) is 5.95 Å². The second kappa shape index (κ2) is 9.13. The molecule has 2 aromatic heterocycles. The van der Waals surface area contributed by atoms with Gasteiger partial charge in [-0.2, -0.15) is 14.8 Å². The molecule has 9 heteroatoms. The molecule has 4 rings (SSSR count). The molecule has 0 aliphatic carbocycles. The smallest absolute Gasteiger partial charge is 0.305 e. The summed E-state index contributed by atoms with van der Waals surface area (Å²) in [5.74, 6) is 0.600. The molecule has 0 saturated carbocycles. The summed E-state index contributed by atoms with van der Waals surface area (Å²) in [6.07, 6.45) is 3.02. The lowest BCUT2D eigenvalue weighted by molar-refractivity contribution is -0.140. The minimum absolute atomic E-state index is 0.139. The molecule has 1 aliphatic rings. The number of hydrogen-bond acceptors (Lipinski definition) is 7. The Morgan fingerprint density at radius 3 is 2.81 bits per heavy atom. The number of nitrogens with zero attached hydrogens (tertiary/aromatic N) is 5. The van der Waals surface area contributed by atoms with Crippen molar-refractivity contribution in [1.82, 2.24) is 24.8 Å². The van der Waals surface area contributed by atoms with E-state index < -0.39 is 0 Å². The normalized spacial score (nSPS) is 15.8. The Bertz CT molecular complexity index is 1050. The van der Waals surface area contributed by atoms with Gasteiger partial charge in [0.2, 0.25) is 5.89 Å². The van der Waals surface area contributed by atoms with Gasteiger partial charge in [-0.05, 0) is 56.0 Å². The Hall–Kier alpha value is -2.81. The molecule has 8 nitrogen and oxygen atoms in total. The lowest BCUT2D eigenvalue weighted by Gasteiger charge is -2.30. The monoisotopic (exact) mass is 429 g/mol. The standard InChI is InChI=1S/C22H28FN5O3/c1-14(2)19-16-6-4-7-17(23)20(16)28(25-19)22-24-21(31-26-22)15-9-12-27(13-10-15)11-5-8-18(29)30-3/h4,6-7,14-15H,5,8-13H2,1-3H3. The maximum atomic E-state index is 14.6. The number of carbonyl (C=O) groups excluding carboxylic acids is 1. The van der Waals surface area contributed by atoms with Gasteiger partial charge < -0.3 is 14.2 Å². The van der Waals surface area contributed by atoms with E-state index in [1.54, 1.807) is 6.07 Å². The first-order valence-corrected chi connectivity index (χ1v) is 10.8. The highest BCUT2D eigenvalue weighted by atomic mass is 19.1. The lowest BCUT2D eigenvalue weighted by Crippen LogP contribution is -2.34. The summed E-state index contributed by atoms with van der Waals surface area (Å²) in [6.45, 7) is 6.73. The van der Waals surface area contributed by atoms with Crippen LogP contribution in [0.4, 0.5) is 4.39 Å². The van der Waals surface area contributed by atoms with Crippen molar-refractivity contribution in [2.45, 2.75) is 51.4 Å². The van der Waals surface area contributed by atoms with Gasteiger partial charge in [0, 0.05) is 17.7 Å². The zero-order valence-electron chi connectivity index (χ0n) is 18.2. The van der Waals surface area contributed by atoms with Crippen LogP contribution in [0.2, 0.25) is 0 Å². The van der Waals surface area contributed by atoms with Gasteiger partial charge in [-0.15, -0.1) is 0 Å². The van der Waals surface area contributed by atoms with Crippen molar-refractivity contribution in [3.05, 3.63) is 35.6 Å². The number of aromatic nitrogens is 4. The van der Waals surface area contributed by atoms with Crippen LogP contribution in [0.1, 0.15) is 63.0 Å². The fraction of sp³-hybridized carbons (Fsp3) is 0.545. The minimum atomic E-state index is -0.358. The minimum Gasteiger partial charge on any atom is -0.469 e. The summed E-state index contributed by atoms with van der Waals surface area (Å²) in [5.41, 5.74) is 1.18. The average Bonchev–Trinajstić information content (AvgIpc) is 3.40.